The van der Waals surface area contributed by atoms with E-state index in [9.17, 15) is 14.4 Å². The Morgan fingerprint density at radius 3 is 2.56 bits per heavy atom. The highest BCUT2D eigenvalue weighted by Gasteiger charge is 2.07. The number of hydrogen-bond donors (Lipinski definition) is 4. The highest BCUT2D eigenvalue weighted by atomic mass is 16.2. The maximum absolute atomic E-state index is 12.1. The molecule has 0 spiro atoms. The minimum Gasteiger partial charge on any atom is -0.351 e. The number of H-pyrrole nitrogens is 1. The zero-order valence-electron chi connectivity index (χ0n) is 14.5. The minimum atomic E-state index is -0.671. The fourth-order valence-electron chi connectivity index (χ4n) is 2.71. The molecular weight excluding hydrogens is 346 g/mol. The van der Waals surface area contributed by atoms with E-state index in [2.05, 4.69) is 20.6 Å². The Morgan fingerprint density at radius 1 is 1.04 bits per heavy atom. The molecule has 0 saturated heterocycles. The average Bonchev–Trinajstić information content (AvgIpc) is 2.61. The van der Waals surface area contributed by atoms with Crippen LogP contribution in [-0.2, 0) is 11.2 Å². The third kappa shape index (κ3) is 4.91. The molecule has 3 aromatic rings. The van der Waals surface area contributed by atoms with E-state index in [1.165, 1.54) is 0 Å². The number of nitrogens with two attached hydrogens (primary N) is 1. The van der Waals surface area contributed by atoms with Gasteiger partial charge < -0.3 is 21.4 Å². The van der Waals surface area contributed by atoms with Crippen LogP contribution in [-0.4, -0.2) is 21.9 Å². The van der Waals surface area contributed by atoms with E-state index in [0.717, 1.165) is 0 Å². The molecule has 0 aliphatic carbocycles. The number of benzene rings is 2. The molecule has 138 valence electrons. The topological polar surface area (TPSA) is 130 Å². The maximum Gasteiger partial charge on any atom is 0.316 e. The van der Waals surface area contributed by atoms with Crippen LogP contribution >= 0.6 is 0 Å². The van der Waals surface area contributed by atoms with Crippen LogP contribution in [0.3, 0.4) is 0 Å². The fourth-order valence-corrected chi connectivity index (χ4v) is 2.71. The number of urea groups is 1. The Morgan fingerprint density at radius 2 is 1.78 bits per heavy atom. The predicted molar refractivity (Wildman–Crippen MR) is 104 cm³/mol. The molecule has 8 nitrogen and oxygen atoms in total. The van der Waals surface area contributed by atoms with Crippen molar-refractivity contribution in [2.24, 2.45) is 5.73 Å². The van der Waals surface area contributed by atoms with Crippen molar-refractivity contribution in [2.75, 3.05) is 10.6 Å². The fraction of sp³-hybridized carbons (Fsp3) is 0.158. The summed E-state index contributed by atoms with van der Waals surface area (Å²) >= 11 is 0. The van der Waals surface area contributed by atoms with Crippen molar-refractivity contribution in [2.45, 2.75) is 19.3 Å². The van der Waals surface area contributed by atoms with E-state index in [-0.39, 0.29) is 17.9 Å². The number of anilines is 2. The van der Waals surface area contributed by atoms with Crippen molar-refractivity contribution in [3.63, 3.8) is 0 Å². The van der Waals surface area contributed by atoms with Crippen LogP contribution in [0.5, 0.6) is 0 Å². The van der Waals surface area contributed by atoms with E-state index < -0.39 is 6.03 Å². The number of rotatable bonds is 6. The van der Waals surface area contributed by atoms with Gasteiger partial charge in [0.25, 0.3) is 5.56 Å². The summed E-state index contributed by atoms with van der Waals surface area (Å²) in [5, 5.41) is 5.75. The molecule has 0 atom stereocenters. The van der Waals surface area contributed by atoms with Crippen LogP contribution < -0.4 is 21.9 Å². The lowest BCUT2D eigenvalue weighted by Gasteiger charge is -2.08. The van der Waals surface area contributed by atoms with Crippen molar-refractivity contribution >= 4 is 34.2 Å². The number of aromatic nitrogens is 2. The highest BCUT2D eigenvalue weighted by molar-refractivity contribution is 5.93. The van der Waals surface area contributed by atoms with Crippen molar-refractivity contribution in [3.05, 3.63) is 64.7 Å². The van der Waals surface area contributed by atoms with E-state index in [0.29, 0.717) is 40.9 Å². The van der Waals surface area contributed by atoms with Gasteiger partial charge in [0, 0.05) is 24.2 Å². The molecule has 1 aromatic heterocycles. The van der Waals surface area contributed by atoms with E-state index in [1.807, 2.05) is 6.07 Å². The Hall–Kier alpha value is -3.68. The molecule has 0 aliphatic rings. The molecule has 0 bridgehead atoms. The van der Waals surface area contributed by atoms with E-state index in [4.69, 9.17) is 5.73 Å². The number of carbonyl (C=O) groups is 2. The number of aromatic amines is 1. The van der Waals surface area contributed by atoms with Crippen molar-refractivity contribution in [1.29, 1.82) is 0 Å². The van der Waals surface area contributed by atoms with Crippen LogP contribution in [0, 0.1) is 0 Å². The van der Waals surface area contributed by atoms with Gasteiger partial charge in [-0.25, -0.2) is 9.78 Å². The lowest BCUT2D eigenvalue weighted by Crippen LogP contribution is -2.19. The molecule has 2 aromatic carbocycles. The number of amides is 3. The second-order valence-electron chi connectivity index (χ2n) is 6.00. The molecule has 8 heteroatoms. The third-order valence-corrected chi connectivity index (χ3v) is 3.89. The third-order valence-electron chi connectivity index (χ3n) is 3.89. The molecule has 5 N–H and O–H groups in total. The van der Waals surface area contributed by atoms with Crippen LogP contribution in [0.1, 0.15) is 18.7 Å². The number of nitrogens with one attached hydrogen (secondary N) is 3. The summed E-state index contributed by atoms with van der Waals surface area (Å²) in [6.07, 6.45) is 1.28. The first-order valence-electron chi connectivity index (χ1n) is 8.45. The molecule has 3 rings (SSSR count). The van der Waals surface area contributed by atoms with Crippen molar-refractivity contribution < 1.29 is 9.59 Å². The van der Waals surface area contributed by atoms with Gasteiger partial charge in [-0.1, -0.05) is 18.2 Å². The highest BCUT2D eigenvalue weighted by Crippen LogP contribution is 2.15. The first-order chi connectivity index (χ1) is 13.0. The number of hydrogen-bond acceptors (Lipinski definition) is 4. The second-order valence-corrected chi connectivity index (χ2v) is 6.00. The number of aryl methyl sites for hydroxylation is 1. The summed E-state index contributed by atoms with van der Waals surface area (Å²) in [6, 6.07) is 13.2. The summed E-state index contributed by atoms with van der Waals surface area (Å²) < 4.78 is 0. The minimum absolute atomic E-state index is 0.172. The summed E-state index contributed by atoms with van der Waals surface area (Å²) in [6.45, 7) is 0. The molecule has 1 heterocycles. The van der Waals surface area contributed by atoms with Crippen molar-refractivity contribution in [1.82, 2.24) is 9.97 Å². The van der Waals surface area contributed by atoms with Gasteiger partial charge in [-0.3, -0.25) is 9.59 Å². The number of para-hydroxylation sites is 1. The average molecular weight is 365 g/mol. The van der Waals surface area contributed by atoms with Gasteiger partial charge >= 0.3 is 6.03 Å². The maximum atomic E-state index is 12.1. The molecule has 0 aliphatic heterocycles. The SMILES string of the molecule is NC(=O)Nc1cccc(NC(=O)CCCc2nc3ccccc3c(=O)[nH]2)c1. The number of primary amides is 1. The quantitative estimate of drug-likeness (QED) is 0.534. The van der Waals surface area contributed by atoms with Crippen LogP contribution in [0.25, 0.3) is 10.9 Å². The van der Waals surface area contributed by atoms with Gasteiger partial charge in [-0.15, -0.1) is 0 Å². The Bertz CT molecular complexity index is 1040. The second kappa shape index (κ2) is 8.13. The summed E-state index contributed by atoms with van der Waals surface area (Å²) in [5.74, 6) is 0.383. The first kappa shape index (κ1) is 18.1. The smallest absolute Gasteiger partial charge is 0.316 e. The number of fused-ring (bicyclic) bond motifs is 1. The molecule has 27 heavy (non-hydrogen) atoms. The lowest BCUT2D eigenvalue weighted by atomic mass is 10.2. The Labute approximate surface area is 154 Å². The molecule has 3 amide bonds. The monoisotopic (exact) mass is 365 g/mol. The number of nitrogens with zero attached hydrogens (tertiary/aromatic N) is 1. The van der Waals surface area contributed by atoms with Gasteiger partial charge in [-0.05, 0) is 36.8 Å². The van der Waals surface area contributed by atoms with Crippen LogP contribution in [0.15, 0.2) is 53.3 Å². The molecule has 0 radical (unpaired) electrons. The van der Waals surface area contributed by atoms with Gasteiger partial charge in [0.05, 0.1) is 10.9 Å². The normalized spacial score (nSPS) is 10.5. The molecule has 0 unspecified atom stereocenters. The number of carbonyl (C=O) groups excluding carboxylic acids is 2. The molecule has 0 saturated carbocycles. The van der Waals surface area contributed by atoms with E-state index in [1.54, 1.807) is 42.5 Å². The predicted octanol–water partition coefficient (Wildman–Crippen LogP) is 2.38. The zero-order chi connectivity index (χ0) is 19.2. The van der Waals surface area contributed by atoms with Crippen LogP contribution in [0.2, 0.25) is 0 Å². The first-order valence-corrected chi connectivity index (χ1v) is 8.45. The van der Waals surface area contributed by atoms with Gasteiger partial charge in [-0.2, -0.15) is 0 Å². The largest absolute Gasteiger partial charge is 0.351 e. The van der Waals surface area contributed by atoms with Gasteiger partial charge in [0.15, 0.2) is 0 Å². The summed E-state index contributed by atoms with van der Waals surface area (Å²) in [5.41, 5.74) is 6.59. The van der Waals surface area contributed by atoms with Crippen molar-refractivity contribution in [3.8, 4) is 0 Å². The zero-order valence-corrected chi connectivity index (χ0v) is 14.5. The summed E-state index contributed by atoms with van der Waals surface area (Å²) in [4.78, 5) is 42.2. The Balaban J connectivity index is 1.55. The standard InChI is InChI=1S/C19H19N5O3/c20-19(27)22-13-6-3-5-12(11-13)21-17(25)10-4-9-16-23-15-8-2-1-7-14(15)18(26)24-16/h1-3,5-8,11H,4,9-10H2,(H,21,25)(H3,20,22,27)(H,23,24,26). The summed E-state index contributed by atoms with van der Waals surface area (Å²) in [7, 11) is 0. The lowest BCUT2D eigenvalue weighted by molar-refractivity contribution is -0.116. The van der Waals surface area contributed by atoms with Crippen LogP contribution in [0.4, 0.5) is 16.2 Å². The van der Waals surface area contributed by atoms with Gasteiger partial charge in [0.2, 0.25) is 5.91 Å². The Kier molecular flexibility index (Phi) is 5.46. The molecule has 0 fully saturated rings. The van der Waals surface area contributed by atoms with E-state index >= 15 is 0 Å². The molecular formula is C19H19N5O3. The van der Waals surface area contributed by atoms with Gasteiger partial charge in [0.1, 0.15) is 5.82 Å².